The lowest BCUT2D eigenvalue weighted by Crippen LogP contribution is -2.23. The number of aromatic nitrogens is 1. The van der Waals surface area contributed by atoms with Crippen LogP contribution in [0.15, 0.2) is 42.6 Å². The molecule has 0 fully saturated rings. The third-order valence-electron chi connectivity index (χ3n) is 3.78. The minimum atomic E-state index is -0.735. The van der Waals surface area contributed by atoms with Crippen LogP contribution in [0.5, 0.6) is 10.9 Å². The second-order valence-electron chi connectivity index (χ2n) is 6.32. The SMILES string of the molecule is CC(C)Oc1ncc(-c2cc(F)c(C(=O)NCc3ccc(Cl)cc3)cc2O)s1. The van der Waals surface area contributed by atoms with Gasteiger partial charge >= 0.3 is 0 Å². The van der Waals surface area contributed by atoms with E-state index in [1.165, 1.54) is 17.5 Å². The van der Waals surface area contributed by atoms with Crippen molar-refractivity contribution in [3.63, 3.8) is 0 Å². The van der Waals surface area contributed by atoms with E-state index in [0.717, 1.165) is 17.7 Å². The molecule has 3 rings (SSSR count). The number of carbonyl (C=O) groups excluding carboxylic acids is 1. The zero-order chi connectivity index (χ0) is 20.3. The van der Waals surface area contributed by atoms with Gasteiger partial charge in [0.1, 0.15) is 11.6 Å². The Hall–Kier alpha value is -2.64. The van der Waals surface area contributed by atoms with E-state index in [-0.39, 0.29) is 29.5 Å². The molecule has 2 N–H and O–H groups in total. The second kappa shape index (κ2) is 8.58. The topological polar surface area (TPSA) is 71.5 Å². The Kier molecular flexibility index (Phi) is 6.16. The Balaban J connectivity index is 1.76. The van der Waals surface area contributed by atoms with Gasteiger partial charge in [-0.1, -0.05) is 35.1 Å². The van der Waals surface area contributed by atoms with Crippen LogP contribution in [-0.4, -0.2) is 22.1 Å². The summed E-state index contributed by atoms with van der Waals surface area (Å²) in [6.07, 6.45) is 1.45. The molecular weight excluding hydrogens is 403 g/mol. The number of thiazole rings is 1. The number of nitrogens with zero attached hydrogens (tertiary/aromatic N) is 1. The van der Waals surface area contributed by atoms with Gasteiger partial charge in [-0.2, -0.15) is 0 Å². The Labute approximate surface area is 170 Å². The smallest absolute Gasteiger partial charge is 0.273 e. The molecule has 0 atom stereocenters. The molecule has 0 saturated heterocycles. The van der Waals surface area contributed by atoms with E-state index in [2.05, 4.69) is 10.3 Å². The quantitative estimate of drug-likeness (QED) is 0.587. The van der Waals surface area contributed by atoms with Gasteiger partial charge in [0.05, 0.1) is 16.5 Å². The highest BCUT2D eigenvalue weighted by molar-refractivity contribution is 7.16. The van der Waals surface area contributed by atoms with Crippen molar-refractivity contribution in [1.29, 1.82) is 0 Å². The molecule has 0 radical (unpaired) electrons. The van der Waals surface area contributed by atoms with Crippen LogP contribution in [-0.2, 0) is 6.54 Å². The lowest BCUT2D eigenvalue weighted by molar-refractivity contribution is 0.0946. The van der Waals surface area contributed by atoms with Crippen molar-refractivity contribution < 1.29 is 19.0 Å². The normalized spacial score (nSPS) is 10.9. The largest absolute Gasteiger partial charge is 0.507 e. The monoisotopic (exact) mass is 420 g/mol. The second-order valence-corrected chi connectivity index (χ2v) is 7.74. The van der Waals surface area contributed by atoms with E-state index >= 15 is 0 Å². The van der Waals surface area contributed by atoms with Crippen LogP contribution in [0.2, 0.25) is 5.02 Å². The molecule has 0 aliphatic rings. The van der Waals surface area contributed by atoms with Crippen molar-refractivity contribution in [2.45, 2.75) is 26.5 Å². The fraction of sp³-hybridized carbons (Fsp3) is 0.200. The number of hydrogen-bond acceptors (Lipinski definition) is 5. The summed E-state index contributed by atoms with van der Waals surface area (Å²) < 4.78 is 20.0. The zero-order valence-corrected chi connectivity index (χ0v) is 16.8. The fourth-order valence-corrected chi connectivity index (χ4v) is 3.49. The highest BCUT2D eigenvalue weighted by atomic mass is 35.5. The highest BCUT2D eigenvalue weighted by Crippen LogP contribution is 2.37. The lowest BCUT2D eigenvalue weighted by atomic mass is 10.1. The number of halogens is 2. The Morgan fingerprint density at radius 3 is 2.71 bits per heavy atom. The number of phenols is 1. The molecule has 1 aromatic heterocycles. The van der Waals surface area contributed by atoms with Crippen molar-refractivity contribution in [2.24, 2.45) is 0 Å². The predicted molar refractivity (Wildman–Crippen MR) is 108 cm³/mol. The van der Waals surface area contributed by atoms with E-state index in [1.807, 2.05) is 13.8 Å². The van der Waals surface area contributed by atoms with Gasteiger partial charge < -0.3 is 15.2 Å². The summed E-state index contributed by atoms with van der Waals surface area (Å²) >= 11 is 7.01. The molecule has 0 unspecified atom stereocenters. The van der Waals surface area contributed by atoms with Crippen molar-refractivity contribution in [3.8, 4) is 21.4 Å². The van der Waals surface area contributed by atoms with Gasteiger partial charge in [0.25, 0.3) is 11.1 Å². The third-order valence-corrected chi connectivity index (χ3v) is 4.96. The first-order valence-electron chi connectivity index (χ1n) is 8.51. The average molecular weight is 421 g/mol. The predicted octanol–water partition coefficient (Wildman–Crippen LogP) is 5.03. The number of hydrogen-bond donors (Lipinski definition) is 2. The number of amides is 1. The molecule has 0 spiro atoms. The maximum atomic E-state index is 14.5. The van der Waals surface area contributed by atoms with E-state index < -0.39 is 11.7 Å². The first kappa shape index (κ1) is 20.1. The number of aromatic hydroxyl groups is 1. The molecule has 0 saturated carbocycles. The molecule has 2 aromatic carbocycles. The van der Waals surface area contributed by atoms with Gasteiger partial charge in [-0.3, -0.25) is 4.79 Å². The van der Waals surface area contributed by atoms with E-state index in [4.69, 9.17) is 16.3 Å². The van der Waals surface area contributed by atoms with Crippen LogP contribution in [0.4, 0.5) is 4.39 Å². The first-order chi connectivity index (χ1) is 13.3. The third kappa shape index (κ3) is 4.79. The number of nitrogens with one attached hydrogen (secondary N) is 1. The van der Waals surface area contributed by atoms with Crippen molar-refractivity contribution >= 4 is 28.8 Å². The molecule has 0 aliphatic heterocycles. The highest BCUT2D eigenvalue weighted by Gasteiger charge is 2.18. The number of benzene rings is 2. The number of ether oxygens (including phenoxy) is 1. The summed E-state index contributed by atoms with van der Waals surface area (Å²) in [5, 5.41) is 13.9. The molecule has 0 bridgehead atoms. The number of carbonyl (C=O) groups is 1. The molecule has 146 valence electrons. The molecule has 1 amide bonds. The van der Waals surface area contributed by atoms with Crippen LogP contribution in [0.25, 0.3) is 10.4 Å². The number of rotatable bonds is 6. The molecule has 3 aromatic rings. The first-order valence-corrected chi connectivity index (χ1v) is 9.71. The molecule has 28 heavy (non-hydrogen) atoms. The van der Waals surface area contributed by atoms with Gasteiger partial charge in [0, 0.05) is 23.3 Å². The summed E-state index contributed by atoms with van der Waals surface area (Å²) in [5.41, 5.74) is 0.836. The number of phenolic OH excluding ortho intramolecular Hbond substituents is 1. The average Bonchev–Trinajstić information content (AvgIpc) is 3.10. The van der Waals surface area contributed by atoms with Crippen LogP contribution in [0, 0.1) is 5.82 Å². The van der Waals surface area contributed by atoms with Gasteiger partial charge in [-0.05, 0) is 43.7 Å². The Morgan fingerprint density at radius 2 is 2.04 bits per heavy atom. The molecule has 8 heteroatoms. The summed E-state index contributed by atoms with van der Waals surface area (Å²) in [6.45, 7) is 3.95. The van der Waals surface area contributed by atoms with Gasteiger partial charge in [-0.15, -0.1) is 0 Å². The molecular formula is C20H18ClFN2O3S. The minimum absolute atomic E-state index is 0.0453. The van der Waals surface area contributed by atoms with Crippen molar-refractivity contribution in [1.82, 2.24) is 10.3 Å². The molecule has 5 nitrogen and oxygen atoms in total. The minimum Gasteiger partial charge on any atom is -0.507 e. The van der Waals surface area contributed by atoms with E-state index in [9.17, 15) is 14.3 Å². The van der Waals surface area contributed by atoms with Crippen molar-refractivity contribution in [2.75, 3.05) is 0 Å². The summed E-state index contributed by atoms with van der Waals surface area (Å²) in [7, 11) is 0. The van der Waals surface area contributed by atoms with Crippen LogP contribution in [0.1, 0.15) is 29.8 Å². The summed E-state index contributed by atoms with van der Waals surface area (Å²) in [6, 6.07) is 9.18. The standard InChI is InChI=1S/C20H18ClFN2O3S/c1-11(2)27-20-24-10-18(28-20)15-7-16(22)14(8-17(15)25)19(26)23-9-12-3-5-13(21)6-4-12/h3-8,10-11,25H,9H2,1-2H3,(H,23,26). The maximum absolute atomic E-state index is 14.5. The van der Waals surface area contributed by atoms with Gasteiger partial charge in [0.2, 0.25) is 0 Å². The lowest BCUT2D eigenvalue weighted by Gasteiger charge is -2.09. The molecule has 0 aliphatic carbocycles. The van der Waals surface area contributed by atoms with E-state index in [1.54, 1.807) is 24.3 Å². The Bertz CT molecular complexity index is 990. The fourth-order valence-electron chi connectivity index (χ4n) is 2.45. The zero-order valence-electron chi connectivity index (χ0n) is 15.2. The van der Waals surface area contributed by atoms with E-state index in [0.29, 0.717) is 15.1 Å². The van der Waals surface area contributed by atoms with Gasteiger partial charge in [-0.25, -0.2) is 9.37 Å². The van der Waals surface area contributed by atoms with Gasteiger partial charge in [0.15, 0.2) is 0 Å². The maximum Gasteiger partial charge on any atom is 0.273 e. The Morgan fingerprint density at radius 1 is 1.32 bits per heavy atom. The summed E-state index contributed by atoms with van der Waals surface area (Å²) in [4.78, 5) is 17.0. The van der Waals surface area contributed by atoms with Crippen molar-refractivity contribution in [3.05, 3.63) is 64.6 Å². The molecule has 1 heterocycles. The van der Waals surface area contributed by atoms with Crippen LogP contribution in [0.3, 0.4) is 0 Å². The summed E-state index contributed by atoms with van der Waals surface area (Å²) in [5.74, 6) is -1.57. The van der Waals surface area contributed by atoms with Crippen LogP contribution < -0.4 is 10.1 Å². The van der Waals surface area contributed by atoms with Crippen LogP contribution >= 0.6 is 22.9 Å².